The van der Waals surface area contributed by atoms with Gasteiger partial charge in [0.15, 0.2) is 11.1 Å². The summed E-state index contributed by atoms with van der Waals surface area (Å²) < 4.78 is 0. The van der Waals surface area contributed by atoms with Gasteiger partial charge in [-0.3, -0.25) is 0 Å². The zero-order valence-corrected chi connectivity index (χ0v) is 9.51. The number of azo groups is 1. The third kappa shape index (κ3) is 4.35. The van der Waals surface area contributed by atoms with Crippen LogP contribution in [0.2, 0.25) is 0 Å². The van der Waals surface area contributed by atoms with Crippen molar-refractivity contribution in [3.8, 4) is 12.1 Å². The van der Waals surface area contributed by atoms with E-state index >= 15 is 0 Å². The number of hydrogen-bond donors (Lipinski definition) is 2. The molecule has 0 aromatic carbocycles. The highest BCUT2D eigenvalue weighted by atomic mass is 16.3. The number of nitriles is 2. The van der Waals surface area contributed by atoms with Gasteiger partial charge in [0.25, 0.3) is 0 Å². The Labute approximate surface area is 94.8 Å². The summed E-state index contributed by atoms with van der Waals surface area (Å²) in [6.45, 7) is 2.71. The molecule has 16 heavy (non-hydrogen) atoms. The van der Waals surface area contributed by atoms with Crippen LogP contribution >= 0.6 is 0 Å². The van der Waals surface area contributed by atoms with Crippen LogP contribution in [0.5, 0.6) is 0 Å². The molecule has 0 aliphatic rings. The first-order valence-corrected chi connectivity index (χ1v) is 4.93. The molecule has 0 bridgehead atoms. The van der Waals surface area contributed by atoms with E-state index in [1.807, 2.05) is 12.1 Å². The van der Waals surface area contributed by atoms with E-state index in [4.69, 9.17) is 20.7 Å². The average molecular weight is 224 g/mol. The summed E-state index contributed by atoms with van der Waals surface area (Å²) in [6, 6.07) is 3.85. The van der Waals surface area contributed by atoms with E-state index in [9.17, 15) is 0 Å². The fraction of sp³-hybridized carbons (Fsp3) is 0.800. The predicted octanol–water partition coefficient (Wildman–Crippen LogP) is 0.768. The van der Waals surface area contributed by atoms with Gasteiger partial charge in [-0.25, -0.2) is 0 Å². The van der Waals surface area contributed by atoms with Crippen LogP contribution in [-0.4, -0.2) is 34.5 Å². The first-order chi connectivity index (χ1) is 7.45. The summed E-state index contributed by atoms with van der Waals surface area (Å²) in [7, 11) is 0. The SMILES string of the molecule is CC(C#N)(CCO)/N=N/C(C)(C#N)CCO. The molecule has 6 heteroatoms. The molecule has 0 aliphatic heterocycles. The van der Waals surface area contributed by atoms with Gasteiger partial charge >= 0.3 is 0 Å². The molecule has 0 aromatic heterocycles. The first kappa shape index (κ1) is 14.5. The Morgan fingerprint density at radius 1 is 0.938 bits per heavy atom. The quantitative estimate of drug-likeness (QED) is 0.648. The van der Waals surface area contributed by atoms with Gasteiger partial charge in [0, 0.05) is 26.1 Å². The minimum atomic E-state index is -1.12. The second kappa shape index (κ2) is 6.16. The zero-order valence-electron chi connectivity index (χ0n) is 9.51. The number of aliphatic hydroxyl groups is 2. The van der Waals surface area contributed by atoms with Crippen molar-refractivity contribution < 1.29 is 10.2 Å². The number of nitrogens with zero attached hydrogens (tertiary/aromatic N) is 4. The standard InChI is InChI=1S/C10H16N4O2/c1-9(7-11,3-5-15)13-14-10(2,8-12)4-6-16/h15-16H,3-6H2,1-2H3/b14-13+. The Hall–Kier alpha value is -1.50. The van der Waals surface area contributed by atoms with Crippen molar-refractivity contribution in [3.63, 3.8) is 0 Å². The summed E-state index contributed by atoms with van der Waals surface area (Å²) in [4.78, 5) is 0. The van der Waals surface area contributed by atoms with Crippen molar-refractivity contribution in [1.29, 1.82) is 10.5 Å². The van der Waals surface area contributed by atoms with Crippen molar-refractivity contribution in [3.05, 3.63) is 0 Å². The van der Waals surface area contributed by atoms with Crippen LogP contribution in [0, 0.1) is 22.7 Å². The maximum absolute atomic E-state index is 8.87. The van der Waals surface area contributed by atoms with E-state index in [1.165, 1.54) is 13.8 Å². The van der Waals surface area contributed by atoms with Crippen LogP contribution in [0.15, 0.2) is 10.2 Å². The summed E-state index contributed by atoms with van der Waals surface area (Å²) in [6.07, 6.45) is 0.321. The van der Waals surface area contributed by atoms with Crippen molar-refractivity contribution >= 4 is 0 Å². The minimum Gasteiger partial charge on any atom is -0.396 e. The van der Waals surface area contributed by atoms with Crippen molar-refractivity contribution in [1.82, 2.24) is 0 Å². The molecule has 0 aliphatic carbocycles. The second-order valence-electron chi connectivity index (χ2n) is 3.92. The van der Waals surface area contributed by atoms with Gasteiger partial charge in [-0.2, -0.15) is 20.8 Å². The lowest BCUT2D eigenvalue weighted by molar-refractivity contribution is 0.250. The fourth-order valence-corrected chi connectivity index (χ4v) is 0.913. The van der Waals surface area contributed by atoms with Crippen LogP contribution in [0.4, 0.5) is 0 Å². The van der Waals surface area contributed by atoms with Gasteiger partial charge in [0.05, 0.1) is 12.1 Å². The van der Waals surface area contributed by atoms with E-state index in [-0.39, 0.29) is 26.1 Å². The van der Waals surface area contributed by atoms with Gasteiger partial charge in [0.1, 0.15) is 0 Å². The molecule has 2 atom stereocenters. The summed E-state index contributed by atoms with van der Waals surface area (Å²) in [5.74, 6) is 0. The molecular weight excluding hydrogens is 208 g/mol. The third-order valence-corrected chi connectivity index (χ3v) is 2.17. The van der Waals surface area contributed by atoms with E-state index in [0.717, 1.165) is 0 Å². The van der Waals surface area contributed by atoms with Gasteiger partial charge in [-0.1, -0.05) is 0 Å². The molecule has 6 nitrogen and oxygen atoms in total. The Balaban J connectivity index is 4.80. The van der Waals surface area contributed by atoms with Crippen molar-refractivity contribution in [2.45, 2.75) is 37.8 Å². The summed E-state index contributed by atoms with van der Waals surface area (Å²) in [5.41, 5.74) is -2.25. The Kier molecular flexibility index (Phi) is 5.59. The molecule has 0 spiro atoms. The fourth-order valence-electron chi connectivity index (χ4n) is 0.913. The lowest BCUT2D eigenvalue weighted by atomic mass is 10.0. The molecule has 88 valence electrons. The van der Waals surface area contributed by atoms with E-state index in [0.29, 0.717) is 0 Å². The molecule has 0 saturated heterocycles. The maximum atomic E-state index is 8.87. The molecule has 0 saturated carbocycles. The van der Waals surface area contributed by atoms with Crippen LogP contribution in [-0.2, 0) is 0 Å². The van der Waals surface area contributed by atoms with Crippen LogP contribution in [0.25, 0.3) is 0 Å². The topological polar surface area (TPSA) is 113 Å². The van der Waals surface area contributed by atoms with E-state index in [1.54, 1.807) is 0 Å². The predicted molar refractivity (Wildman–Crippen MR) is 56.3 cm³/mol. The largest absolute Gasteiger partial charge is 0.396 e. The molecule has 2 N–H and O–H groups in total. The van der Waals surface area contributed by atoms with Gasteiger partial charge in [0.2, 0.25) is 0 Å². The normalized spacial score (nSPS) is 18.4. The van der Waals surface area contributed by atoms with Gasteiger partial charge < -0.3 is 10.2 Å². The lowest BCUT2D eigenvalue weighted by Gasteiger charge is -2.17. The van der Waals surface area contributed by atoms with Crippen LogP contribution < -0.4 is 0 Å². The van der Waals surface area contributed by atoms with Gasteiger partial charge in [-0.15, -0.1) is 0 Å². The molecule has 2 unspecified atom stereocenters. The summed E-state index contributed by atoms with van der Waals surface area (Å²) >= 11 is 0. The molecule has 0 heterocycles. The molecule has 0 aromatic rings. The molecule has 0 fully saturated rings. The zero-order chi connectivity index (χ0) is 12.7. The Morgan fingerprint density at radius 2 is 1.25 bits per heavy atom. The maximum Gasteiger partial charge on any atom is 0.166 e. The highest BCUT2D eigenvalue weighted by Crippen LogP contribution is 2.20. The molecule has 0 radical (unpaired) electrons. The van der Waals surface area contributed by atoms with E-state index < -0.39 is 11.1 Å². The Morgan fingerprint density at radius 3 is 1.44 bits per heavy atom. The monoisotopic (exact) mass is 224 g/mol. The number of aliphatic hydroxyl groups excluding tert-OH is 2. The number of hydrogen-bond acceptors (Lipinski definition) is 6. The van der Waals surface area contributed by atoms with Crippen molar-refractivity contribution in [2.24, 2.45) is 10.2 Å². The van der Waals surface area contributed by atoms with E-state index in [2.05, 4.69) is 10.2 Å². The van der Waals surface area contributed by atoms with Gasteiger partial charge in [-0.05, 0) is 13.8 Å². The Bertz CT molecular complexity index is 299. The first-order valence-electron chi connectivity index (χ1n) is 4.93. The molecular formula is C10H16N4O2. The molecule has 0 rings (SSSR count). The van der Waals surface area contributed by atoms with Crippen molar-refractivity contribution in [2.75, 3.05) is 13.2 Å². The highest BCUT2D eigenvalue weighted by molar-refractivity contribution is 5.07. The smallest absolute Gasteiger partial charge is 0.166 e. The third-order valence-electron chi connectivity index (χ3n) is 2.17. The summed E-state index contributed by atoms with van der Waals surface area (Å²) in [5, 5.41) is 42.9. The lowest BCUT2D eigenvalue weighted by Crippen LogP contribution is -2.25. The number of rotatable bonds is 6. The van der Waals surface area contributed by atoms with Crippen LogP contribution in [0.1, 0.15) is 26.7 Å². The minimum absolute atomic E-state index is 0.160. The van der Waals surface area contributed by atoms with Crippen LogP contribution in [0.3, 0.4) is 0 Å². The average Bonchev–Trinajstić information content (AvgIpc) is 2.27. The highest BCUT2D eigenvalue weighted by Gasteiger charge is 2.27. The molecule has 0 amide bonds. The second-order valence-corrected chi connectivity index (χ2v) is 3.92.